The number of carbonyl (C=O) groups is 1. The predicted octanol–water partition coefficient (Wildman–Crippen LogP) is 4.21. The van der Waals surface area contributed by atoms with E-state index in [0.29, 0.717) is 10.9 Å². The van der Waals surface area contributed by atoms with Crippen LogP contribution in [0.3, 0.4) is 0 Å². The number of nitriles is 1. The first kappa shape index (κ1) is 17.5. The van der Waals surface area contributed by atoms with E-state index in [2.05, 4.69) is 10.5 Å². The summed E-state index contributed by atoms with van der Waals surface area (Å²) in [5.41, 5.74) is 2.17. The largest absolute Gasteiger partial charge is 0.448 e. The van der Waals surface area contributed by atoms with Gasteiger partial charge in [0, 0.05) is 4.90 Å². The summed E-state index contributed by atoms with van der Waals surface area (Å²) in [5.74, 6) is -1.05. The molecule has 3 rings (SSSR count). The summed E-state index contributed by atoms with van der Waals surface area (Å²) in [5, 5.41) is 13.1. The number of hydrogen-bond donors (Lipinski definition) is 1. The second-order valence-electron chi connectivity index (χ2n) is 5.08. The smallest absolute Gasteiger partial charge is 0.274 e. The summed E-state index contributed by atoms with van der Waals surface area (Å²) in [6.45, 7) is 0. The monoisotopic (exact) mass is 365 g/mol. The van der Waals surface area contributed by atoms with Gasteiger partial charge >= 0.3 is 0 Å². The van der Waals surface area contributed by atoms with E-state index in [1.54, 1.807) is 18.2 Å². The van der Waals surface area contributed by atoms with Crippen LogP contribution in [0, 0.1) is 17.1 Å². The molecule has 1 heterocycles. The maximum absolute atomic E-state index is 13.8. The molecule has 0 saturated carbocycles. The van der Waals surface area contributed by atoms with Crippen molar-refractivity contribution in [1.82, 2.24) is 5.43 Å². The molecule has 2 aromatic carbocycles. The SMILES string of the molecule is N#Cc1ccc(C(=O)N/N=C\c2ccc(Sc3ccccc3)o2)c(F)c1. The highest BCUT2D eigenvalue weighted by Gasteiger charge is 2.11. The van der Waals surface area contributed by atoms with Gasteiger partial charge in [0.25, 0.3) is 5.91 Å². The molecule has 1 amide bonds. The Hall–Kier alpha value is -3.37. The maximum Gasteiger partial charge on any atom is 0.274 e. The topological polar surface area (TPSA) is 78.4 Å². The third kappa shape index (κ3) is 4.37. The minimum atomic E-state index is -0.781. The van der Waals surface area contributed by atoms with E-state index in [0.717, 1.165) is 11.0 Å². The van der Waals surface area contributed by atoms with Crippen molar-refractivity contribution in [2.45, 2.75) is 9.99 Å². The first-order chi connectivity index (χ1) is 12.7. The minimum absolute atomic E-state index is 0.140. The minimum Gasteiger partial charge on any atom is -0.448 e. The van der Waals surface area contributed by atoms with Gasteiger partial charge in [-0.25, -0.2) is 9.82 Å². The van der Waals surface area contributed by atoms with Crippen molar-refractivity contribution in [1.29, 1.82) is 5.26 Å². The second-order valence-corrected chi connectivity index (χ2v) is 6.16. The molecule has 0 atom stereocenters. The summed E-state index contributed by atoms with van der Waals surface area (Å²) in [6.07, 6.45) is 1.33. The maximum atomic E-state index is 13.8. The molecule has 0 aliphatic carbocycles. The van der Waals surface area contributed by atoms with E-state index in [4.69, 9.17) is 9.68 Å². The lowest BCUT2D eigenvalue weighted by Gasteiger charge is -2.01. The van der Waals surface area contributed by atoms with Crippen molar-refractivity contribution in [3.8, 4) is 6.07 Å². The van der Waals surface area contributed by atoms with Gasteiger partial charge in [0.1, 0.15) is 11.6 Å². The number of nitrogens with zero attached hydrogens (tertiary/aromatic N) is 2. The van der Waals surface area contributed by atoms with Crippen molar-refractivity contribution in [3.63, 3.8) is 0 Å². The Balaban J connectivity index is 1.60. The van der Waals surface area contributed by atoms with Crippen LogP contribution in [0.2, 0.25) is 0 Å². The molecule has 0 saturated heterocycles. The highest BCUT2D eigenvalue weighted by atomic mass is 32.2. The fourth-order valence-corrected chi connectivity index (χ4v) is 2.85. The van der Waals surface area contributed by atoms with Crippen molar-refractivity contribution in [2.75, 3.05) is 0 Å². The molecule has 0 spiro atoms. The molecule has 1 N–H and O–H groups in total. The number of hydrazone groups is 1. The lowest BCUT2D eigenvalue weighted by molar-refractivity contribution is 0.0951. The van der Waals surface area contributed by atoms with Gasteiger partial charge in [-0.05, 0) is 42.5 Å². The third-order valence-corrected chi connectivity index (χ3v) is 4.19. The predicted molar refractivity (Wildman–Crippen MR) is 95.4 cm³/mol. The van der Waals surface area contributed by atoms with Crippen LogP contribution in [0.5, 0.6) is 0 Å². The van der Waals surface area contributed by atoms with Crippen molar-refractivity contribution in [2.24, 2.45) is 5.10 Å². The standard InChI is InChI=1S/C19H12FN3O2S/c20-17-10-13(11-21)6-8-16(17)19(24)23-22-12-14-7-9-18(25-14)26-15-4-2-1-3-5-15/h1-10,12H,(H,23,24)/b22-12-. The van der Waals surface area contributed by atoms with Crippen LogP contribution in [-0.4, -0.2) is 12.1 Å². The lowest BCUT2D eigenvalue weighted by Crippen LogP contribution is -2.19. The summed E-state index contributed by atoms with van der Waals surface area (Å²) < 4.78 is 19.3. The molecule has 3 aromatic rings. The number of rotatable bonds is 5. The number of benzene rings is 2. The van der Waals surface area contributed by atoms with Gasteiger partial charge in [0.15, 0.2) is 5.09 Å². The first-order valence-electron chi connectivity index (χ1n) is 7.51. The van der Waals surface area contributed by atoms with Crippen molar-refractivity contribution >= 4 is 23.9 Å². The van der Waals surface area contributed by atoms with E-state index in [9.17, 15) is 9.18 Å². The lowest BCUT2D eigenvalue weighted by atomic mass is 10.1. The van der Waals surface area contributed by atoms with E-state index in [-0.39, 0.29) is 11.1 Å². The van der Waals surface area contributed by atoms with Crippen LogP contribution in [-0.2, 0) is 0 Å². The normalized spacial score (nSPS) is 10.6. The Kier molecular flexibility index (Phi) is 5.46. The molecule has 0 radical (unpaired) electrons. The van der Waals surface area contributed by atoms with Crippen LogP contribution in [0.25, 0.3) is 0 Å². The number of carbonyl (C=O) groups excluding carboxylic acids is 1. The molecule has 0 bridgehead atoms. The molecule has 0 unspecified atom stereocenters. The molecular formula is C19H12FN3O2S. The quantitative estimate of drug-likeness (QED) is 0.543. The van der Waals surface area contributed by atoms with Gasteiger partial charge in [0.05, 0.1) is 23.4 Å². The van der Waals surface area contributed by atoms with Gasteiger partial charge in [-0.2, -0.15) is 10.4 Å². The fraction of sp³-hybridized carbons (Fsp3) is 0. The van der Waals surface area contributed by atoms with E-state index in [1.165, 1.54) is 30.1 Å². The molecule has 1 aromatic heterocycles. The fourth-order valence-electron chi connectivity index (χ4n) is 2.05. The van der Waals surface area contributed by atoms with Crippen LogP contribution >= 0.6 is 11.8 Å². The summed E-state index contributed by atoms with van der Waals surface area (Å²) in [6, 6.07) is 18.6. The van der Waals surface area contributed by atoms with E-state index >= 15 is 0 Å². The van der Waals surface area contributed by atoms with Crippen LogP contribution < -0.4 is 5.43 Å². The third-order valence-electron chi connectivity index (χ3n) is 3.26. The Labute approximate surface area is 153 Å². The van der Waals surface area contributed by atoms with Gasteiger partial charge in [-0.1, -0.05) is 30.0 Å². The number of amides is 1. The average molecular weight is 365 g/mol. The Morgan fingerprint density at radius 3 is 2.73 bits per heavy atom. The summed E-state index contributed by atoms with van der Waals surface area (Å²) >= 11 is 1.46. The molecule has 0 aliphatic rings. The zero-order valence-electron chi connectivity index (χ0n) is 13.3. The molecule has 128 valence electrons. The molecule has 26 heavy (non-hydrogen) atoms. The summed E-state index contributed by atoms with van der Waals surface area (Å²) in [4.78, 5) is 13.0. The zero-order chi connectivity index (χ0) is 18.4. The molecule has 5 nitrogen and oxygen atoms in total. The highest BCUT2D eigenvalue weighted by molar-refractivity contribution is 7.99. The second kappa shape index (κ2) is 8.14. The van der Waals surface area contributed by atoms with Crippen LogP contribution in [0.15, 0.2) is 80.2 Å². The Bertz CT molecular complexity index is 994. The van der Waals surface area contributed by atoms with Crippen molar-refractivity contribution < 1.29 is 13.6 Å². The molecule has 0 aliphatic heterocycles. The van der Waals surface area contributed by atoms with Gasteiger partial charge in [-0.15, -0.1) is 0 Å². The number of halogens is 1. The van der Waals surface area contributed by atoms with Crippen molar-refractivity contribution in [3.05, 3.63) is 83.4 Å². The van der Waals surface area contributed by atoms with E-state index in [1.807, 2.05) is 30.3 Å². The van der Waals surface area contributed by atoms with Gasteiger partial charge in [-0.3, -0.25) is 4.79 Å². The molecular weight excluding hydrogens is 353 g/mol. The highest BCUT2D eigenvalue weighted by Crippen LogP contribution is 2.28. The van der Waals surface area contributed by atoms with Crippen LogP contribution in [0.1, 0.15) is 21.7 Å². The van der Waals surface area contributed by atoms with Gasteiger partial charge < -0.3 is 4.42 Å². The first-order valence-corrected chi connectivity index (χ1v) is 8.33. The Morgan fingerprint density at radius 2 is 2.00 bits per heavy atom. The molecule has 7 heteroatoms. The molecule has 0 fully saturated rings. The van der Waals surface area contributed by atoms with E-state index < -0.39 is 11.7 Å². The average Bonchev–Trinajstić information content (AvgIpc) is 3.09. The zero-order valence-corrected chi connectivity index (χ0v) is 14.2. The number of hydrogen-bond acceptors (Lipinski definition) is 5. The van der Waals surface area contributed by atoms with Gasteiger partial charge in [0.2, 0.25) is 0 Å². The number of furan rings is 1. The van der Waals surface area contributed by atoms with Crippen LogP contribution in [0.4, 0.5) is 4.39 Å². The Morgan fingerprint density at radius 1 is 1.19 bits per heavy atom. The summed E-state index contributed by atoms with van der Waals surface area (Å²) in [7, 11) is 0. The number of nitrogens with one attached hydrogen (secondary N) is 1.